The lowest BCUT2D eigenvalue weighted by Crippen LogP contribution is -2.30. The predicted octanol–water partition coefficient (Wildman–Crippen LogP) is 4.14. The average Bonchev–Trinajstić information content (AvgIpc) is 2.54. The Balaban J connectivity index is 2.49. The molecule has 0 aromatic heterocycles. The van der Waals surface area contributed by atoms with Crippen molar-refractivity contribution in [3.63, 3.8) is 0 Å². The van der Waals surface area contributed by atoms with Gasteiger partial charge in [0.15, 0.2) is 0 Å². The van der Waals surface area contributed by atoms with Crippen LogP contribution < -0.4 is 4.31 Å². The molecule has 0 aliphatic heterocycles. The number of rotatable bonds is 5. The highest BCUT2D eigenvalue weighted by molar-refractivity contribution is 7.92. The normalized spacial score (nSPS) is 12.0. The Bertz CT molecular complexity index is 926. The maximum atomic E-state index is 12.8. The van der Waals surface area contributed by atoms with Crippen molar-refractivity contribution in [2.75, 3.05) is 10.8 Å². The number of sulfonamides is 1. The molecule has 2 rings (SSSR count). The molecule has 0 N–H and O–H groups in total. The molecule has 0 heterocycles. The molecule has 10 heteroatoms. The maximum absolute atomic E-state index is 12.8. The van der Waals surface area contributed by atoms with Crippen LogP contribution in [0.5, 0.6) is 0 Å². The first-order valence-corrected chi connectivity index (χ1v) is 8.87. The third kappa shape index (κ3) is 3.79. The molecule has 2 aromatic carbocycles. The van der Waals surface area contributed by atoms with E-state index in [1.807, 2.05) is 0 Å². The van der Waals surface area contributed by atoms with Crippen molar-refractivity contribution < 1.29 is 26.5 Å². The van der Waals surface area contributed by atoms with Crippen LogP contribution in [-0.4, -0.2) is 19.9 Å². The number of hydrogen-bond acceptors (Lipinski definition) is 4. The zero-order valence-electron chi connectivity index (χ0n) is 13.8. The molecule has 0 radical (unpaired) electrons. The van der Waals surface area contributed by atoms with E-state index in [1.165, 1.54) is 26.0 Å². The van der Waals surface area contributed by atoms with Gasteiger partial charge in [0.05, 0.1) is 21.1 Å². The van der Waals surface area contributed by atoms with Crippen LogP contribution in [0.2, 0.25) is 0 Å². The van der Waals surface area contributed by atoms with Crippen molar-refractivity contribution in [2.24, 2.45) is 0 Å². The Morgan fingerprint density at radius 3 is 2.15 bits per heavy atom. The Morgan fingerprint density at radius 1 is 1.12 bits per heavy atom. The van der Waals surface area contributed by atoms with Gasteiger partial charge < -0.3 is 0 Å². The molecule has 2 aromatic rings. The van der Waals surface area contributed by atoms with Crippen LogP contribution in [0, 0.1) is 17.0 Å². The van der Waals surface area contributed by atoms with Gasteiger partial charge in [-0.1, -0.05) is 6.07 Å². The molecule has 0 fully saturated rings. The van der Waals surface area contributed by atoms with Crippen molar-refractivity contribution in [2.45, 2.75) is 24.9 Å². The molecule has 0 unspecified atom stereocenters. The van der Waals surface area contributed by atoms with Crippen LogP contribution in [0.3, 0.4) is 0 Å². The SMILES string of the molecule is CCN(c1ccc(C(F)(F)F)cc1)S(=O)(=O)c1ccc(C)c([N+](=O)[O-])c1. The maximum Gasteiger partial charge on any atom is 0.416 e. The first kappa shape index (κ1) is 19.7. The van der Waals surface area contributed by atoms with Crippen LogP contribution in [0.15, 0.2) is 47.4 Å². The van der Waals surface area contributed by atoms with E-state index in [4.69, 9.17) is 0 Å². The lowest BCUT2D eigenvalue weighted by molar-refractivity contribution is -0.385. The summed E-state index contributed by atoms with van der Waals surface area (Å²) in [5.41, 5.74) is -0.925. The molecule has 0 bridgehead atoms. The topological polar surface area (TPSA) is 80.5 Å². The lowest BCUT2D eigenvalue weighted by atomic mass is 10.2. The predicted molar refractivity (Wildman–Crippen MR) is 89.5 cm³/mol. The molecule has 140 valence electrons. The summed E-state index contributed by atoms with van der Waals surface area (Å²) in [6.45, 7) is 2.93. The zero-order valence-corrected chi connectivity index (χ0v) is 14.6. The third-order valence-electron chi connectivity index (χ3n) is 3.74. The molecular formula is C16H15F3N2O4S. The molecule has 0 spiro atoms. The fraction of sp³-hybridized carbons (Fsp3) is 0.250. The molecule has 0 amide bonds. The summed E-state index contributed by atoms with van der Waals surface area (Å²) in [7, 11) is -4.18. The van der Waals surface area contributed by atoms with E-state index in [0.717, 1.165) is 34.6 Å². The molecule has 0 saturated heterocycles. The summed E-state index contributed by atoms with van der Waals surface area (Å²) in [4.78, 5) is 10.0. The number of benzene rings is 2. The largest absolute Gasteiger partial charge is 0.416 e. The van der Waals surface area contributed by atoms with E-state index in [9.17, 15) is 31.7 Å². The molecule has 0 saturated carbocycles. The zero-order chi connectivity index (χ0) is 19.7. The smallest absolute Gasteiger partial charge is 0.267 e. The van der Waals surface area contributed by atoms with Crippen molar-refractivity contribution in [1.29, 1.82) is 0 Å². The second kappa shape index (κ2) is 6.94. The number of halogens is 3. The van der Waals surface area contributed by atoms with Crippen molar-refractivity contribution >= 4 is 21.4 Å². The van der Waals surface area contributed by atoms with Crippen molar-refractivity contribution in [3.05, 3.63) is 63.7 Å². The minimum absolute atomic E-state index is 0.0312. The highest BCUT2D eigenvalue weighted by Crippen LogP contribution is 2.32. The molecule has 0 aliphatic carbocycles. The van der Waals surface area contributed by atoms with E-state index >= 15 is 0 Å². The number of nitro benzene ring substituents is 1. The fourth-order valence-electron chi connectivity index (χ4n) is 2.38. The summed E-state index contributed by atoms with van der Waals surface area (Å²) in [6, 6.07) is 7.14. The van der Waals surface area contributed by atoms with Crippen LogP contribution >= 0.6 is 0 Å². The number of nitrogens with zero attached hydrogens (tertiary/aromatic N) is 2. The van der Waals surface area contributed by atoms with Gasteiger partial charge in [0, 0.05) is 18.2 Å². The van der Waals surface area contributed by atoms with E-state index < -0.39 is 26.7 Å². The van der Waals surface area contributed by atoms with Crippen LogP contribution in [0.25, 0.3) is 0 Å². The number of nitro groups is 1. The molecule has 0 aliphatic rings. The molecule has 0 atom stereocenters. The molecule has 26 heavy (non-hydrogen) atoms. The highest BCUT2D eigenvalue weighted by atomic mass is 32.2. The Kier molecular flexibility index (Phi) is 5.26. The van der Waals surface area contributed by atoms with Crippen LogP contribution in [-0.2, 0) is 16.2 Å². The summed E-state index contributed by atoms with van der Waals surface area (Å²) >= 11 is 0. The van der Waals surface area contributed by atoms with Gasteiger partial charge in [-0.15, -0.1) is 0 Å². The van der Waals surface area contributed by atoms with Gasteiger partial charge in [0.25, 0.3) is 15.7 Å². The van der Waals surface area contributed by atoms with E-state index in [0.29, 0.717) is 5.56 Å². The van der Waals surface area contributed by atoms with Gasteiger partial charge in [0.1, 0.15) is 0 Å². The Hall–Kier alpha value is -2.62. The number of aryl methyl sites for hydroxylation is 1. The lowest BCUT2D eigenvalue weighted by Gasteiger charge is -2.23. The van der Waals surface area contributed by atoms with Gasteiger partial charge >= 0.3 is 6.18 Å². The number of hydrogen-bond donors (Lipinski definition) is 0. The summed E-state index contributed by atoms with van der Waals surface area (Å²) in [5, 5.41) is 11.0. The monoisotopic (exact) mass is 388 g/mol. The van der Waals surface area contributed by atoms with E-state index in [1.54, 1.807) is 0 Å². The minimum Gasteiger partial charge on any atom is -0.267 e. The standard InChI is InChI=1S/C16H15F3N2O4S/c1-3-20(13-7-5-12(6-8-13)16(17,18)19)26(24,25)14-9-4-11(2)15(10-14)21(22)23/h4-10H,3H2,1-2H3. The Labute approximate surface area is 148 Å². The third-order valence-corrected chi connectivity index (χ3v) is 5.63. The van der Waals surface area contributed by atoms with Crippen molar-refractivity contribution in [3.8, 4) is 0 Å². The Morgan fingerprint density at radius 2 is 1.69 bits per heavy atom. The second-order valence-electron chi connectivity index (χ2n) is 5.42. The molecule has 6 nitrogen and oxygen atoms in total. The van der Waals surface area contributed by atoms with Gasteiger partial charge in [-0.2, -0.15) is 13.2 Å². The first-order valence-electron chi connectivity index (χ1n) is 7.43. The van der Waals surface area contributed by atoms with Gasteiger partial charge in [-0.3, -0.25) is 14.4 Å². The number of alkyl halides is 3. The summed E-state index contributed by atoms with van der Waals surface area (Å²) in [5.74, 6) is 0. The van der Waals surface area contributed by atoms with E-state index in [-0.39, 0.29) is 22.8 Å². The van der Waals surface area contributed by atoms with Crippen molar-refractivity contribution in [1.82, 2.24) is 0 Å². The summed E-state index contributed by atoms with van der Waals surface area (Å²) in [6.07, 6.45) is -4.54. The minimum atomic E-state index is -4.54. The quantitative estimate of drug-likeness (QED) is 0.570. The van der Waals surface area contributed by atoms with Gasteiger partial charge in [-0.05, 0) is 44.2 Å². The second-order valence-corrected chi connectivity index (χ2v) is 7.28. The molecular weight excluding hydrogens is 373 g/mol. The number of anilines is 1. The summed E-state index contributed by atoms with van der Waals surface area (Å²) < 4.78 is 64.5. The van der Waals surface area contributed by atoms with Crippen LogP contribution in [0.1, 0.15) is 18.1 Å². The van der Waals surface area contributed by atoms with E-state index in [2.05, 4.69) is 0 Å². The van der Waals surface area contributed by atoms with Gasteiger partial charge in [-0.25, -0.2) is 8.42 Å². The van der Waals surface area contributed by atoms with Crippen LogP contribution in [0.4, 0.5) is 24.5 Å². The first-order chi connectivity index (χ1) is 12.0. The fourth-order valence-corrected chi connectivity index (χ4v) is 3.88. The highest BCUT2D eigenvalue weighted by Gasteiger charge is 2.31. The van der Waals surface area contributed by atoms with Gasteiger partial charge in [0.2, 0.25) is 0 Å². The average molecular weight is 388 g/mol.